The molecule has 1 atom stereocenters. The quantitative estimate of drug-likeness (QED) is 0.496. The number of methoxy groups -OCH3 is 1. The summed E-state index contributed by atoms with van der Waals surface area (Å²) < 4.78 is 10.5. The van der Waals surface area contributed by atoms with Crippen LogP contribution in [0.5, 0.6) is 0 Å². The Hall–Kier alpha value is -3.83. The normalized spacial score (nSPS) is 12.7. The van der Waals surface area contributed by atoms with Crippen molar-refractivity contribution in [3.05, 3.63) is 59.7 Å². The molecule has 0 spiro atoms. The Labute approximate surface area is 198 Å². The second kappa shape index (κ2) is 11.9. The first-order chi connectivity index (χ1) is 16.5. The van der Waals surface area contributed by atoms with Gasteiger partial charge in [-0.25, -0.2) is 4.79 Å². The van der Waals surface area contributed by atoms with Gasteiger partial charge in [0.1, 0.15) is 12.6 Å². The molecule has 0 aliphatic heterocycles. The van der Waals surface area contributed by atoms with Crippen molar-refractivity contribution in [3.63, 3.8) is 0 Å². The summed E-state index contributed by atoms with van der Waals surface area (Å²) in [5.74, 6) is 0.529. The molecule has 1 aliphatic carbocycles. The summed E-state index contributed by atoms with van der Waals surface area (Å²) in [6, 6.07) is 14.6. The summed E-state index contributed by atoms with van der Waals surface area (Å²) in [5, 5.41) is 11.7. The lowest BCUT2D eigenvalue weighted by atomic mass is 9.98. The van der Waals surface area contributed by atoms with Crippen LogP contribution >= 0.6 is 0 Å². The molecular formula is C26H28N2O6. The van der Waals surface area contributed by atoms with Crippen LogP contribution in [0.3, 0.4) is 0 Å². The van der Waals surface area contributed by atoms with E-state index in [1.54, 1.807) is 0 Å². The number of nitrogens with one attached hydrogen (secondary N) is 1. The summed E-state index contributed by atoms with van der Waals surface area (Å²) in [5.41, 5.74) is 4.28. The van der Waals surface area contributed by atoms with E-state index in [4.69, 9.17) is 15.9 Å². The highest BCUT2D eigenvalue weighted by Gasteiger charge is 2.31. The smallest absolute Gasteiger partial charge is 0.407 e. The van der Waals surface area contributed by atoms with Gasteiger partial charge in [0.05, 0.1) is 13.0 Å². The lowest BCUT2D eigenvalue weighted by Crippen LogP contribution is -2.50. The molecule has 0 heterocycles. The molecule has 0 fully saturated rings. The zero-order chi connectivity index (χ0) is 24.5. The number of carbonyl (C=O) groups is 3. The molecule has 8 heteroatoms. The summed E-state index contributed by atoms with van der Waals surface area (Å²) in [6.07, 6.45) is 4.16. The maximum Gasteiger partial charge on any atom is 0.407 e. The maximum atomic E-state index is 13.0. The Bertz CT molecular complexity index is 1030. The molecule has 2 aromatic rings. The summed E-state index contributed by atoms with van der Waals surface area (Å²) >= 11 is 0. The minimum atomic E-state index is -1.29. The molecule has 0 saturated heterocycles. The van der Waals surface area contributed by atoms with Crippen LogP contribution in [-0.2, 0) is 19.1 Å². The minimum absolute atomic E-state index is 0.0539. The number of ether oxygens (including phenoxy) is 2. The molecule has 0 bridgehead atoms. The van der Waals surface area contributed by atoms with Crippen molar-refractivity contribution in [1.82, 2.24) is 10.2 Å². The zero-order valence-corrected chi connectivity index (χ0v) is 19.0. The van der Waals surface area contributed by atoms with Crippen molar-refractivity contribution in [3.8, 4) is 23.5 Å². The van der Waals surface area contributed by atoms with E-state index in [0.717, 1.165) is 22.3 Å². The number of amides is 2. The third-order valence-corrected chi connectivity index (χ3v) is 5.72. The molecule has 34 heavy (non-hydrogen) atoms. The van der Waals surface area contributed by atoms with Gasteiger partial charge >= 0.3 is 12.1 Å². The van der Waals surface area contributed by atoms with E-state index in [1.807, 2.05) is 48.5 Å². The number of carboxylic acids is 1. The first-order valence-corrected chi connectivity index (χ1v) is 11.0. The van der Waals surface area contributed by atoms with Gasteiger partial charge in [-0.05, 0) is 22.3 Å². The third-order valence-electron chi connectivity index (χ3n) is 5.72. The number of fused-ring (bicyclic) bond motifs is 3. The van der Waals surface area contributed by atoms with E-state index in [-0.39, 0.29) is 32.2 Å². The fourth-order valence-corrected chi connectivity index (χ4v) is 4.11. The van der Waals surface area contributed by atoms with Gasteiger partial charge in [0.15, 0.2) is 0 Å². The number of hydrogen-bond acceptors (Lipinski definition) is 5. The van der Waals surface area contributed by atoms with Gasteiger partial charge in [0.2, 0.25) is 5.91 Å². The lowest BCUT2D eigenvalue weighted by Gasteiger charge is -2.26. The van der Waals surface area contributed by atoms with E-state index in [0.29, 0.717) is 6.42 Å². The molecular weight excluding hydrogens is 436 g/mol. The van der Waals surface area contributed by atoms with Crippen LogP contribution in [0.25, 0.3) is 11.1 Å². The number of terminal acetylenes is 1. The third kappa shape index (κ3) is 5.94. The Morgan fingerprint density at radius 1 is 1.09 bits per heavy atom. The SMILES string of the molecule is C#CCCN(CCOC)C(=O)C(CC(=O)O)NC(=O)OCC1c2ccccc2-c2ccccc21. The largest absolute Gasteiger partial charge is 0.481 e. The summed E-state index contributed by atoms with van der Waals surface area (Å²) in [7, 11) is 1.49. The van der Waals surface area contributed by atoms with Crippen molar-refractivity contribution in [2.24, 2.45) is 0 Å². The number of hydrogen-bond donors (Lipinski definition) is 2. The first kappa shape index (κ1) is 24.8. The molecule has 2 N–H and O–H groups in total. The van der Waals surface area contributed by atoms with Gasteiger partial charge in [-0.2, -0.15) is 0 Å². The number of rotatable bonds is 11. The van der Waals surface area contributed by atoms with E-state index in [2.05, 4.69) is 11.2 Å². The van der Waals surface area contributed by atoms with E-state index >= 15 is 0 Å². The number of carbonyl (C=O) groups excluding carboxylic acids is 2. The average molecular weight is 465 g/mol. The minimum Gasteiger partial charge on any atom is -0.481 e. The highest BCUT2D eigenvalue weighted by molar-refractivity contribution is 5.89. The fraction of sp³-hybridized carbons (Fsp3) is 0.346. The van der Waals surface area contributed by atoms with E-state index in [1.165, 1.54) is 12.0 Å². The Morgan fingerprint density at radius 3 is 2.26 bits per heavy atom. The summed E-state index contributed by atoms with van der Waals surface area (Å²) in [6.45, 7) is 0.750. The predicted octanol–water partition coefficient (Wildman–Crippen LogP) is 2.87. The van der Waals surface area contributed by atoms with Crippen LogP contribution in [0.4, 0.5) is 4.79 Å². The monoisotopic (exact) mass is 464 g/mol. The highest BCUT2D eigenvalue weighted by Crippen LogP contribution is 2.44. The fourth-order valence-electron chi connectivity index (χ4n) is 4.11. The summed E-state index contributed by atoms with van der Waals surface area (Å²) in [4.78, 5) is 38.4. The van der Waals surface area contributed by atoms with Gasteiger partial charge in [0, 0.05) is 32.5 Å². The molecule has 0 radical (unpaired) electrons. The molecule has 0 aromatic heterocycles. The van der Waals surface area contributed by atoms with Crippen molar-refractivity contribution in [2.45, 2.75) is 24.8 Å². The van der Waals surface area contributed by atoms with Gasteiger partial charge in [-0.3, -0.25) is 9.59 Å². The Balaban J connectivity index is 1.69. The standard InChI is InChI=1S/C26H28N2O6/c1-3-4-13-28(14-15-33-2)25(31)23(16-24(29)30)27-26(32)34-17-22-20-11-7-5-9-18(20)19-10-6-8-12-21(19)22/h1,5-12,22-23H,4,13-17H2,2H3,(H,27,32)(H,29,30). The molecule has 0 saturated carbocycles. The van der Waals surface area contributed by atoms with Crippen molar-refractivity contribution < 1.29 is 29.0 Å². The molecule has 3 rings (SSSR count). The van der Waals surface area contributed by atoms with E-state index < -0.39 is 30.4 Å². The van der Waals surface area contributed by atoms with Gasteiger partial charge in [-0.15, -0.1) is 12.3 Å². The van der Waals surface area contributed by atoms with Crippen molar-refractivity contribution >= 4 is 18.0 Å². The Kier molecular flexibility index (Phi) is 8.66. The Morgan fingerprint density at radius 2 is 1.71 bits per heavy atom. The van der Waals surface area contributed by atoms with Crippen LogP contribution in [0.1, 0.15) is 29.9 Å². The van der Waals surface area contributed by atoms with Gasteiger partial charge in [-0.1, -0.05) is 48.5 Å². The highest BCUT2D eigenvalue weighted by atomic mass is 16.5. The van der Waals surface area contributed by atoms with Crippen LogP contribution in [0.15, 0.2) is 48.5 Å². The molecule has 2 amide bonds. The lowest BCUT2D eigenvalue weighted by molar-refractivity contribution is -0.142. The maximum absolute atomic E-state index is 13.0. The molecule has 2 aromatic carbocycles. The second-order valence-electron chi connectivity index (χ2n) is 7.89. The van der Waals surface area contributed by atoms with Crippen LogP contribution < -0.4 is 5.32 Å². The van der Waals surface area contributed by atoms with Crippen LogP contribution in [0.2, 0.25) is 0 Å². The topological polar surface area (TPSA) is 105 Å². The average Bonchev–Trinajstić information content (AvgIpc) is 3.15. The predicted molar refractivity (Wildman–Crippen MR) is 126 cm³/mol. The number of carboxylic acid groups (broad SMARTS) is 1. The van der Waals surface area contributed by atoms with Crippen molar-refractivity contribution in [2.75, 3.05) is 33.4 Å². The molecule has 178 valence electrons. The van der Waals surface area contributed by atoms with Crippen molar-refractivity contribution in [1.29, 1.82) is 0 Å². The number of nitrogens with zero attached hydrogens (tertiary/aromatic N) is 1. The molecule has 8 nitrogen and oxygen atoms in total. The van der Waals surface area contributed by atoms with Crippen LogP contribution in [0, 0.1) is 12.3 Å². The first-order valence-electron chi connectivity index (χ1n) is 11.0. The van der Waals surface area contributed by atoms with E-state index in [9.17, 15) is 19.5 Å². The number of alkyl carbamates (subject to hydrolysis) is 1. The zero-order valence-electron chi connectivity index (χ0n) is 19.0. The number of benzene rings is 2. The second-order valence-corrected chi connectivity index (χ2v) is 7.89. The van der Waals surface area contributed by atoms with Crippen LogP contribution in [-0.4, -0.2) is 67.4 Å². The number of aliphatic carboxylic acids is 1. The van der Waals surface area contributed by atoms with Gasteiger partial charge < -0.3 is 24.8 Å². The van der Waals surface area contributed by atoms with Gasteiger partial charge in [0.25, 0.3) is 0 Å². The molecule has 1 aliphatic rings. The molecule has 1 unspecified atom stereocenters.